The first-order valence-corrected chi connectivity index (χ1v) is 7.40. The SMILES string of the molecule is C=C(CN[C@H](O)CN)Nc1nc2ccc(NC(F)(F)F)cc2s1. The van der Waals surface area contributed by atoms with Crippen LogP contribution in [0.4, 0.5) is 24.0 Å². The molecule has 0 unspecified atom stereocenters. The molecular weight excluding hydrogens is 331 g/mol. The maximum atomic E-state index is 12.3. The van der Waals surface area contributed by atoms with Gasteiger partial charge in [-0.25, -0.2) is 4.98 Å². The van der Waals surface area contributed by atoms with Crippen molar-refractivity contribution in [1.29, 1.82) is 0 Å². The number of rotatable bonds is 7. The van der Waals surface area contributed by atoms with Crippen molar-refractivity contribution >= 4 is 32.4 Å². The van der Waals surface area contributed by atoms with Gasteiger partial charge in [0.25, 0.3) is 0 Å². The number of thiazole rings is 1. The average molecular weight is 347 g/mol. The number of benzene rings is 1. The van der Waals surface area contributed by atoms with Crippen LogP contribution in [0, 0.1) is 0 Å². The number of anilines is 2. The van der Waals surface area contributed by atoms with Crippen LogP contribution in [0.1, 0.15) is 0 Å². The number of aromatic nitrogens is 1. The molecule has 0 aliphatic rings. The van der Waals surface area contributed by atoms with E-state index in [1.54, 1.807) is 0 Å². The highest BCUT2D eigenvalue weighted by Gasteiger charge is 2.27. The zero-order chi connectivity index (χ0) is 17.0. The number of aliphatic hydroxyl groups is 1. The molecule has 0 saturated heterocycles. The first-order valence-electron chi connectivity index (χ1n) is 6.58. The van der Waals surface area contributed by atoms with Crippen LogP contribution >= 0.6 is 11.3 Å². The molecule has 0 fully saturated rings. The molecule has 2 rings (SSSR count). The Morgan fingerprint density at radius 1 is 1.43 bits per heavy atom. The Labute approximate surface area is 134 Å². The number of aliphatic hydroxyl groups excluding tert-OH is 1. The number of hydrogen-bond donors (Lipinski definition) is 5. The maximum Gasteiger partial charge on any atom is 0.482 e. The molecule has 0 spiro atoms. The lowest BCUT2D eigenvalue weighted by molar-refractivity contribution is -0.0999. The number of fused-ring (bicyclic) bond motifs is 1. The van der Waals surface area contributed by atoms with Gasteiger partial charge < -0.3 is 16.2 Å². The molecule has 6 N–H and O–H groups in total. The predicted molar refractivity (Wildman–Crippen MR) is 85.1 cm³/mol. The van der Waals surface area contributed by atoms with Gasteiger partial charge in [-0.3, -0.25) is 10.6 Å². The summed E-state index contributed by atoms with van der Waals surface area (Å²) in [6, 6.07) is 4.20. The third-order valence-electron chi connectivity index (χ3n) is 2.73. The van der Waals surface area contributed by atoms with Crippen molar-refractivity contribution in [3.05, 3.63) is 30.5 Å². The predicted octanol–water partition coefficient (Wildman–Crippen LogP) is 2.02. The van der Waals surface area contributed by atoms with Crippen LogP contribution in [0.15, 0.2) is 30.5 Å². The molecule has 10 heteroatoms. The van der Waals surface area contributed by atoms with Gasteiger partial charge in [-0.1, -0.05) is 17.9 Å². The lowest BCUT2D eigenvalue weighted by Crippen LogP contribution is -2.37. The van der Waals surface area contributed by atoms with Crippen molar-refractivity contribution < 1.29 is 18.3 Å². The van der Waals surface area contributed by atoms with Gasteiger partial charge in [0.15, 0.2) is 5.13 Å². The number of halogens is 3. The van der Waals surface area contributed by atoms with Crippen LogP contribution < -0.4 is 21.7 Å². The van der Waals surface area contributed by atoms with E-state index in [1.165, 1.54) is 34.9 Å². The summed E-state index contributed by atoms with van der Waals surface area (Å²) >= 11 is 1.20. The minimum absolute atomic E-state index is 0.0493. The smallest absolute Gasteiger partial charge is 0.377 e. The second-order valence-electron chi connectivity index (χ2n) is 4.69. The molecule has 0 saturated carbocycles. The molecular formula is C13H16F3N5OS. The highest BCUT2D eigenvalue weighted by Crippen LogP contribution is 2.30. The van der Waals surface area contributed by atoms with Crippen LogP contribution in [0.2, 0.25) is 0 Å². The van der Waals surface area contributed by atoms with Crippen molar-refractivity contribution in [2.24, 2.45) is 5.73 Å². The molecule has 0 aliphatic heterocycles. The normalized spacial score (nSPS) is 13.1. The summed E-state index contributed by atoms with van der Waals surface area (Å²) in [6.07, 6.45) is -5.32. The van der Waals surface area contributed by atoms with Gasteiger partial charge in [0.1, 0.15) is 6.23 Å². The second kappa shape index (κ2) is 7.13. The van der Waals surface area contributed by atoms with E-state index >= 15 is 0 Å². The van der Waals surface area contributed by atoms with E-state index < -0.39 is 12.5 Å². The van der Waals surface area contributed by atoms with E-state index in [1.807, 2.05) is 0 Å². The molecule has 1 aromatic carbocycles. The lowest BCUT2D eigenvalue weighted by atomic mass is 10.3. The fourth-order valence-electron chi connectivity index (χ4n) is 1.74. The molecule has 6 nitrogen and oxygen atoms in total. The van der Waals surface area contributed by atoms with E-state index in [9.17, 15) is 18.3 Å². The van der Waals surface area contributed by atoms with Gasteiger partial charge >= 0.3 is 6.30 Å². The zero-order valence-corrected chi connectivity index (χ0v) is 12.8. The molecule has 23 heavy (non-hydrogen) atoms. The van der Waals surface area contributed by atoms with Gasteiger partial charge in [-0.15, -0.1) is 0 Å². The highest BCUT2D eigenvalue weighted by molar-refractivity contribution is 7.22. The number of nitrogens with two attached hydrogens (primary N) is 1. The first-order chi connectivity index (χ1) is 10.8. The summed E-state index contributed by atoms with van der Waals surface area (Å²) in [7, 11) is 0. The van der Waals surface area contributed by atoms with E-state index in [4.69, 9.17) is 5.73 Å². The Morgan fingerprint density at radius 2 is 2.17 bits per heavy atom. The van der Waals surface area contributed by atoms with E-state index in [0.29, 0.717) is 21.0 Å². The first kappa shape index (κ1) is 17.5. The quantitative estimate of drug-likeness (QED) is 0.389. The second-order valence-corrected chi connectivity index (χ2v) is 5.72. The fourth-order valence-corrected chi connectivity index (χ4v) is 2.69. The van der Waals surface area contributed by atoms with E-state index in [-0.39, 0.29) is 18.8 Å². The molecule has 0 bridgehead atoms. The van der Waals surface area contributed by atoms with Crippen molar-refractivity contribution in [3.8, 4) is 0 Å². The van der Waals surface area contributed by atoms with E-state index in [2.05, 4.69) is 22.2 Å². The summed E-state index contributed by atoms with van der Waals surface area (Å²) in [5.41, 5.74) is 6.33. The van der Waals surface area contributed by atoms with Gasteiger partial charge in [-0.2, -0.15) is 13.2 Å². The van der Waals surface area contributed by atoms with Crippen molar-refractivity contribution in [2.75, 3.05) is 23.7 Å². The molecule has 1 atom stereocenters. The Morgan fingerprint density at radius 3 is 2.83 bits per heavy atom. The standard InChI is InChI=1S/C13H16F3N5OS/c1-7(6-18-11(22)5-17)19-12-20-9-3-2-8(4-10(9)23-12)21-13(14,15)16/h2-4,11,18,21-22H,1,5-6,17H2,(H,19,20)/t11-/m1/s1. The molecule has 2 aromatic rings. The molecule has 1 heterocycles. The third kappa shape index (κ3) is 5.36. The number of alkyl halides is 3. The Hall–Kier alpha value is -1.88. The maximum absolute atomic E-state index is 12.3. The van der Waals surface area contributed by atoms with Crippen LogP contribution in [0.25, 0.3) is 10.2 Å². The summed E-state index contributed by atoms with van der Waals surface area (Å²) in [5.74, 6) is 0. The average Bonchev–Trinajstić information content (AvgIpc) is 2.84. The monoisotopic (exact) mass is 347 g/mol. The zero-order valence-electron chi connectivity index (χ0n) is 11.9. The fraction of sp³-hybridized carbons (Fsp3) is 0.308. The van der Waals surface area contributed by atoms with Gasteiger partial charge in [0.05, 0.1) is 10.2 Å². The van der Waals surface area contributed by atoms with Crippen LogP contribution in [0.3, 0.4) is 0 Å². The summed E-state index contributed by atoms with van der Waals surface area (Å²) in [4.78, 5) is 4.26. The highest BCUT2D eigenvalue weighted by atomic mass is 32.1. The Kier molecular flexibility index (Phi) is 5.42. The minimum Gasteiger partial charge on any atom is -0.377 e. The summed E-state index contributed by atoms with van der Waals surface area (Å²) < 4.78 is 37.5. The molecule has 126 valence electrons. The minimum atomic E-state index is -4.48. The molecule has 0 aliphatic carbocycles. The lowest BCUT2D eigenvalue weighted by Gasteiger charge is -2.12. The Balaban J connectivity index is 2.04. The van der Waals surface area contributed by atoms with Gasteiger partial charge in [-0.05, 0) is 18.2 Å². The van der Waals surface area contributed by atoms with Crippen LogP contribution in [-0.4, -0.2) is 35.7 Å². The topological polar surface area (TPSA) is 95.2 Å². The Bertz CT molecular complexity index is 688. The van der Waals surface area contributed by atoms with Crippen molar-refractivity contribution in [2.45, 2.75) is 12.5 Å². The number of hydrogen-bond acceptors (Lipinski definition) is 7. The van der Waals surface area contributed by atoms with Crippen molar-refractivity contribution in [3.63, 3.8) is 0 Å². The molecule has 0 amide bonds. The van der Waals surface area contributed by atoms with Crippen LogP contribution in [0.5, 0.6) is 0 Å². The van der Waals surface area contributed by atoms with E-state index in [0.717, 1.165) is 0 Å². The molecule has 0 radical (unpaired) electrons. The molecule has 1 aromatic heterocycles. The third-order valence-corrected chi connectivity index (χ3v) is 3.67. The van der Waals surface area contributed by atoms with Gasteiger partial charge in [0.2, 0.25) is 0 Å². The number of nitrogens with zero attached hydrogens (tertiary/aromatic N) is 1. The van der Waals surface area contributed by atoms with Crippen molar-refractivity contribution in [1.82, 2.24) is 10.3 Å². The van der Waals surface area contributed by atoms with Gasteiger partial charge in [0, 0.05) is 24.5 Å². The summed E-state index contributed by atoms with van der Waals surface area (Å²) in [6.45, 7) is 4.12. The van der Waals surface area contributed by atoms with Crippen LogP contribution in [-0.2, 0) is 0 Å². The summed E-state index contributed by atoms with van der Waals surface area (Å²) in [5, 5.41) is 16.9. The number of nitrogens with one attached hydrogen (secondary N) is 3. The largest absolute Gasteiger partial charge is 0.482 e.